The molecule has 0 unspecified atom stereocenters. The summed E-state index contributed by atoms with van der Waals surface area (Å²) in [6.07, 6.45) is 15.3. The van der Waals surface area contributed by atoms with Gasteiger partial charge in [0.15, 0.2) is 11.6 Å². The normalized spacial score (nSPS) is 11.6. The van der Waals surface area contributed by atoms with Crippen LogP contribution in [0.25, 0.3) is 31.9 Å². The van der Waals surface area contributed by atoms with E-state index in [1.807, 2.05) is 29.0 Å². The molecular weight excluding hydrogens is 480 g/mol. The predicted octanol–water partition coefficient (Wildman–Crippen LogP) is 9.87. The molecule has 35 heavy (non-hydrogen) atoms. The minimum absolute atomic E-state index is 0.216. The van der Waals surface area contributed by atoms with Crippen LogP contribution >= 0.6 is 22.7 Å². The van der Waals surface area contributed by atoms with Gasteiger partial charge in [-0.3, -0.25) is 0 Å². The Hall–Kier alpha value is -2.12. The molecule has 0 fully saturated rings. The van der Waals surface area contributed by atoms with Gasteiger partial charge in [0.25, 0.3) is 0 Å². The standard InChI is InChI=1S/C28H35F2N3S2/c1-2-3-4-5-6-7-8-9-10-11-12-13-18-33-28-24(22-17-15-20-35-22)26(30)25(29)23(27(28)31-32-33)21-16-14-19-34-21/h14-17,19-20H,2-13,18H2,1H3. The summed E-state index contributed by atoms with van der Waals surface area (Å²) in [6, 6.07) is 7.33. The quantitative estimate of drug-likeness (QED) is 0.147. The average molecular weight is 516 g/mol. The number of unbranched alkanes of at least 4 members (excludes halogenated alkanes) is 11. The van der Waals surface area contributed by atoms with Crippen molar-refractivity contribution in [3.8, 4) is 20.9 Å². The van der Waals surface area contributed by atoms with Crippen molar-refractivity contribution in [2.75, 3.05) is 0 Å². The molecule has 0 atom stereocenters. The molecule has 0 aliphatic heterocycles. The Bertz CT molecular complexity index is 1170. The molecule has 0 amide bonds. The van der Waals surface area contributed by atoms with Crippen LogP contribution in [0.3, 0.4) is 0 Å². The summed E-state index contributed by atoms with van der Waals surface area (Å²) in [5, 5.41) is 12.4. The highest BCUT2D eigenvalue weighted by molar-refractivity contribution is 7.14. The number of thiophene rings is 2. The molecule has 0 saturated carbocycles. The second kappa shape index (κ2) is 13.3. The van der Waals surface area contributed by atoms with Gasteiger partial charge in [-0.2, -0.15) is 0 Å². The van der Waals surface area contributed by atoms with Crippen molar-refractivity contribution in [2.45, 2.75) is 90.5 Å². The first-order chi connectivity index (χ1) is 17.2. The summed E-state index contributed by atoms with van der Waals surface area (Å²) in [7, 11) is 0. The fourth-order valence-electron chi connectivity index (χ4n) is 4.71. The molecule has 0 spiro atoms. The molecule has 0 bridgehead atoms. The van der Waals surface area contributed by atoms with Crippen molar-refractivity contribution in [1.82, 2.24) is 15.0 Å². The zero-order chi connectivity index (χ0) is 24.5. The van der Waals surface area contributed by atoms with Gasteiger partial charge in [-0.25, -0.2) is 13.5 Å². The molecule has 0 radical (unpaired) electrons. The summed E-state index contributed by atoms with van der Waals surface area (Å²) in [5.41, 5.74) is 1.53. The molecule has 3 heterocycles. The Kier molecular flexibility index (Phi) is 9.83. The first-order valence-corrected chi connectivity index (χ1v) is 14.8. The Balaban J connectivity index is 1.39. The number of aryl methyl sites for hydroxylation is 1. The molecular formula is C28H35F2N3S2. The van der Waals surface area contributed by atoms with Gasteiger partial charge in [0.2, 0.25) is 0 Å². The average Bonchev–Trinajstić information content (AvgIpc) is 3.64. The Morgan fingerprint density at radius 2 is 1.23 bits per heavy atom. The molecule has 0 aliphatic rings. The zero-order valence-corrected chi connectivity index (χ0v) is 22.2. The van der Waals surface area contributed by atoms with Gasteiger partial charge < -0.3 is 0 Å². The van der Waals surface area contributed by atoms with Crippen LogP contribution in [0.4, 0.5) is 8.78 Å². The lowest BCUT2D eigenvalue weighted by Crippen LogP contribution is -2.03. The van der Waals surface area contributed by atoms with Gasteiger partial charge in [-0.1, -0.05) is 94.9 Å². The smallest absolute Gasteiger partial charge is 0.170 e. The van der Waals surface area contributed by atoms with Crippen LogP contribution < -0.4 is 0 Å². The summed E-state index contributed by atoms with van der Waals surface area (Å²) < 4.78 is 32.5. The van der Waals surface area contributed by atoms with E-state index in [0.29, 0.717) is 27.3 Å². The van der Waals surface area contributed by atoms with Gasteiger partial charge in [-0.05, 0) is 29.3 Å². The molecule has 4 rings (SSSR count). The van der Waals surface area contributed by atoms with Gasteiger partial charge in [0.1, 0.15) is 11.0 Å². The Morgan fingerprint density at radius 1 is 0.714 bits per heavy atom. The maximum absolute atomic E-state index is 15.4. The number of hydrogen-bond donors (Lipinski definition) is 0. The SMILES string of the molecule is CCCCCCCCCCCCCCn1nnc2c(-c3cccs3)c(F)c(F)c(-c3cccs3)c21. The van der Waals surface area contributed by atoms with Crippen molar-refractivity contribution in [3.63, 3.8) is 0 Å². The van der Waals surface area contributed by atoms with Gasteiger partial charge in [0, 0.05) is 16.3 Å². The molecule has 3 aromatic heterocycles. The summed E-state index contributed by atoms with van der Waals surface area (Å²) in [4.78, 5) is 1.36. The van der Waals surface area contributed by atoms with Gasteiger partial charge in [0.05, 0.1) is 11.1 Å². The van der Waals surface area contributed by atoms with Crippen LogP contribution in [0.1, 0.15) is 84.0 Å². The predicted molar refractivity (Wildman–Crippen MR) is 145 cm³/mol. The third-order valence-corrected chi connectivity index (χ3v) is 8.37. The molecule has 7 heteroatoms. The number of nitrogens with zero attached hydrogens (tertiary/aromatic N) is 3. The van der Waals surface area contributed by atoms with E-state index in [4.69, 9.17) is 0 Å². The fourth-order valence-corrected chi connectivity index (χ4v) is 6.24. The highest BCUT2D eigenvalue weighted by Crippen LogP contribution is 2.42. The summed E-state index contributed by atoms with van der Waals surface area (Å²) >= 11 is 2.79. The highest BCUT2D eigenvalue weighted by Gasteiger charge is 2.27. The lowest BCUT2D eigenvalue weighted by atomic mass is 10.0. The van der Waals surface area contributed by atoms with Crippen LogP contribution in [-0.2, 0) is 6.54 Å². The van der Waals surface area contributed by atoms with E-state index in [1.54, 1.807) is 10.7 Å². The van der Waals surface area contributed by atoms with E-state index in [9.17, 15) is 0 Å². The monoisotopic (exact) mass is 515 g/mol. The topological polar surface area (TPSA) is 30.7 Å². The number of aromatic nitrogens is 3. The maximum Gasteiger partial charge on any atom is 0.170 e. The van der Waals surface area contributed by atoms with Crippen LogP contribution in [0, 0.1) is 11.6 Å². The Morgan fingerprint density at radius 3 is 1.77 bits per heavy atom. The second-order valence-electron chi connectivity index (χ2n) is 9.23. The highest BCUT2D eigenvalue weighted by atomic mass is 32.1. The molecule has 0 N–H and O–H groups in total. The van der Waals surface area contributed by atoms with E-state index >= 15 is 8.78 Å². The third kappa shape index (κ3) is 6.36. The lowest BCUT2D eigenvalue weighted by Gasteiger charge is -2.11. The third-order valence-electron chi connectivity index (χ3n) is 6.60. The van der Waals surface area contributed by atoms with Crippen molar-refractivity contribution < 1.29 is 8.78 Å². The Labute approximate surface area is 215 Å². The van der Waals surface area contributed by atoms with Crippen molar-refractivity contribution >= 4 is 33.7 Å². The minimum atomic E-state index is -0.847. The first-order valence-electron chi connectivity index (χ1n) is 13.0. The number of hydrogen-bond acceptors (Lipinski definition) is 4. The fraction of sp³-hybridized carbons (Fsp3) is 0.500. The van der Waals surface area contributed by atoms with Crippen molar-refractivity contribution in [2.24, 2.45) is 0 Å². The number of fused-ring (bicyclic) bond motifs is 1. The van der Waals surface area contributed by atoms with E-state index in [1.165, 1.54) is 86.9 Å². The van der Waals surface area contributed by atoms with Crippen molar-refractivity contribution in [3.05, 3.63) is 46.7 Å². The molecule has 3 nitrogen and oxygen atoms in total. The van der Waals surface area contributed by atoms with Crippen LogP contribution in [0.5, 0.6) is 0 Å². The van der Waals surface area contributed by atoms with E-state index in [2.05, 4.69) is 17.2 Å². The molecule has 0 aliphatic carbocycles. The maximum atomic E-state index is 15.4. The number of halogens is 2. The van der Waals surface area contributed by atoms with Crippen LogP contribution in [0.15, 0.2) is 35.0 Å². The molecule has 188 valence electrons. The minimum Gasteiger partial charge on any atom is -0.244 e. The van der Waals surface area contributed by atoms with E-state index in [-0.39, 0.29) is 11.1 Å². The molecule has 4 aromatic rings. The van der Waals surface area contributed by atoms with Gasteiger partial charge >= 0.3 is 0 Å². The van der Waals surface area contributed by atoms with E-state index < -0.39 is 11.6 Å². The van der Waals surface area contributed by atoms with E-state index in [0.717, 1.165) is 12.8 Å². The summed E-state index contributed by atoms with van der Waals surface area (Å²) in [5.74, 6) is -1.66. The number of benzene rings is 1. The van der Waals surface area contributed by atoms with Crippen LogP contribution in [0.2, 0.25) is 0 Å². The second-order valence-corrected chi connectivity index (χ2v) is 11.1. The van der Waals surface area contributed by atoms with Crippen LogP contribution in [-0.4, -0.2) is 15.0 Å². The van der Waals surface area contributed by atoms with Crippen molar-refractivity contribution in [1.29, 1.82) is 0 Å². The molecule has 0 saturated heterocycles. The first kappa shape index (κ1) is 26.0. The largest absolute Gasteiger partial charge is 0.244 e. The van der Waals surface area contributed by atoms with Gasteiger partial charge in [-0.15, -0.1) is 27.8 Å². The molecule has 1 aromatic carbocycles. The zero-order valence-electron chi connectivity index (χ0n) is 20.6. The summed E-state index contributed by atoms with van der Waals surface area (Å²) in [6.45, 7) is 2.91. The lowest BCUT2D eigenvalue weighted by molar-refractivity contribution is 0.508. The number of rotatable bonds is 15.